The maximum Gasteiger partial charge on any atom is 0.0992 e. The van der Waals surface area contributed by atoms with E-state index in [1.807, 2.05) is 0 Å². The molecule has 9 heavy (non-hydrogen) atoms. The fourth-order valence-corrected chi connectivity index (χ4v) is 1.15. The van der Waals surface area contributed by atoms with Gasteiger partial charge in [0, 0.05) is 12.6 Å². The van der Waals surface area contributed by atoms with Crippen LogP contribution in [0.15, 0.2) is 0 Å². The summed E-state index contributed by atoms with van der Waals surface area (Å²) in [6, 6.07) is 0.726. The molecule has 1 rings (SSSR count). The molecule has 1 heterocycles. The van der Waals surface area contributed by atoms with E-state index < -0.39 is 0 Å². The van der Waals surface area contributed by atoms with Crippen LogP contribution in [0.1, 0.15) is 20.3 Å². The Bertz CT molecular complexity index is 85.0. The summed E-state index contributed by atoms with van der Waals surface area (Å²) in [6.45, 7) is 7.31. The van der Waals surface area contributed by atoms with Gasteiger partial charge in [-0.05, 0) is 19.9 Å². The van der Waals surface area contributed by atoms with Crippen molar-refractivity contribution >= 4 is 0 Å². The van der Waals surface area contributed by atoms with Crippen LogP contribution in [-0.4, -0.2) is 30.8 Å². The molecular formula is C7H15NO. The molecule has 0 aromatic heterocycles. The first-order valence-corrected chi connectivity index (χ1v) is 3.66. The van der Waals surface area contributed by atoms with Crippen LogP contribution in [0.2, 0.25) is 0 Å². The highest BCUT2D eigenvalue weighted by Gasteiger charge is 2.15. The Kier molecular flexibility index (Phi) is 2.49. The molecule has 1 atom stereocenters. The summed E-state index contributed by atoms with van der Waals surface area (Å²) in [7, 11) is 0. The van der Waals surface area contributed by atoms with Crippen molar-refractivity contribution in [3.63, 3.8) is 0 Å². The monoisotopic (exact) mass is 129 g/mol. The molecule has 0 amide bonds. The van der Waals surface area contributed by atoms with Crippen molar-refractivity contribution in [3.05, 3.63) is 0 Å². The normalized spacial score (nSPS) is 30.7. The summed E-state index contributed by atoms with van der Waals surface area (Å²) < 4.78 is 5.27. The molecule has 0 saturated carbocycles. The van der Waals surface area contributed by atoms with Gasteiger partial charge in [-0.1, -0.05) is 6.92 Å². The van der Waals surface area contributed by atoms with Crippen LogP contribution in [0.3, 0.4) is 0 Å². The van der Waals surface area contributed by atoms with Crippen LogP contribution in [0.4, 0.5) is 0 Å². The third kappa shape index (κ3) is 1.66. The van der Waals surface area contributed by atoms with Crippen LogP contribution >= 0.6 is 0 Å². The molecule has 0 bridgehead atoms. The summed E-state index contributed by atoms with van der Waals surface area (Å²) in [5.41, 5.74) is 0. The predicted molar refractivity (Wildman–Crippen MR) is 37.3 cm³/mol. The van der Waals surface area contributed by atoms with Gasteiger partial charge in [-0.15, -0.1) is 0 Å². The minimum absolute atomic E-state index is 0.726. The molecular weight excluding hydrogens is 114 g/mol. The smallest absolute Gasteiger partial charge is 0.0992 e. The van der Waals surface area contributed by atoms with Gasteiger partial charge in [0.15, 0.2) is 0 Å². The van der Waals surface area contributed by atoms with E-state index in [2.05, 4.69) is 18.7 Å². The second kappa shape index (κ2) is 3.18. The molecule has 1 saturated heterocycles. The molecule has 1 aliphatic rings. The summed E-state index contributed by atoms with van der Waals surface area (Å²) in [4.78, 5) is 2.34. The topological polar surface area (TPSA) is 12.5 Å². The highest BCUT2D eigenvalue weighted by atomic mass is 16.5. The van der Waals surface area contributed by atoms with E-state index in [9.17, 15) is 0 Å². The molecule has 0 spiro atoms. The quantitative estimate of drug-likeness (QED) is 0.525. The summed E-state index contributed by atoms with van der Waals surface area (Å²) in [5, 5.41) is 0. The van der Waals surface area contributed by atoms with Gasteiger partial charge in [-0.3, -0.25) is 4.90 Å². The fourth-order valence-electron chi connectivity index (χ4n) is 1.15. The van der Waals surface area contributed by atoms with E-state index >= 15 is 0 Å². The Hall–Kier alpha value is -0.0800. The van der Waals surface area contributed by atoms with Gasteiger partial charge >= 0.3 is 0 Å². The van der Waals surface area contributed by atoms with Crippen LogP contribution in [0, 0.1) is 0 Å². The highest BCUT2D eigenvalue weighted by molar-refractivity contribution is 4.65. The van der Waals surface area contributed by atoms with Crippen LogP contribution in [0.25, 0.3) is 0 Å². The Labute approximate surface area is 56.8 Å². The summed E-state index contributed by atoms with van der Waals surface area (Å²) in [5.74, 6) is 0. The molecule has 1 fully saturated rings. The van der Waals surface area contributed by atoms with Crippen molar-refractivity contribution in [2.45, 2.75) is 26.3 Å². The van der Waals surface area contributed by atoms with E-state index in [4.69, 9.17) is 4.74 Å². The number of hydrogen-bond acceptors (Lipinski definition) is 2. The summed E-state index contributed by atoms with van der Waals surface area (Å²) in [6.07, 6.45) is 1.19. The minimum atomic E-state index is 0.726. The first-order valence-electron chi connectivity index (χ1n) is 3.66. The van der Waals surface area contributed by atoms with Gasteiger partial charge in [0.1, 0.15) is 0 Å². The number of hydrogen-bond donors (Lipinski definition) is 0. The second-order valence-electron chi connectivity index (χ2n) is 2.58. The lowest BCUT2D eigenvalue weighted by molar-refractivity contribution is -0.0392. The Morgan fingerprint density at radius 1 is 1.67 bits per heavy atom. The molecule has 0 N–H and O–H groups in total. The highest BCUT2D eigenvalue weighted by Crippen LogP contribution is 2.08. The summed E-state index contributed by atoms with van der Waals surface area (Å²) >= 11 is 0. The zero-order valence-electron chi connectivity index (χ0n) is 6.26. The van der Waals surface area contributed by atoms with Gasteiger partial charge in [0.25, 0.3) is 0 Å². The van der Waals surface area contributed by atoms with Gasteiger partial charge < -0.3 is 4.74 Å². The van der Waals surface area contributed by atoms with Crippen molar-refractivity contribution in [1.29, 1.82) is 0 Å². The average molecular weight is 129 g/mol. The fraction of sp³-hybridized carbons (Fsp3) is 1.00. The van der Waals surface area contributed by atoms with E-state index in [-0.39, 0.29) is 0 Å². The van der Waals surface area contributed by atoms with Gasteiger partial charge in [-0.2, -0.15) is 0 Å². The van der Waals surface area contributed by atoms with Crippen LogP contribution in [0.5, 0.6) is 0 Å². The van der Waals surface area contributed by atoms with Crippen molar-refractivity contribution in [2.24, 2.45) is 0 Å². The first kappa shape index (κ1) is 7.03. The maximum absolute atomic E-state index is 5.27. The third-order valence-corrected chi connectivity index (χ3v) is 1.97. The van der Waals surface area contributed by atoms with E-state index in [0.717, 1.165) is 25.9 Å². The Balaban J connectivity index is 2.30. The first-order chi connectivity index (χ1) is 4.34. The van der Waals surface area contributed by atoms with Crippen molar-refractivity contribution in [2.75, 3.05) is 19.9 Å². The molecule has 0 radical (unpaired) electrons. The average Bonchev–Trinajstić information content (AvgIpc) is 1.89. The van der Waals surface area contributed by atoms with Crippen molar-refractivity contribution in [3.8, 4) is 0 Å². The SMILES string of the molecule is CCN1COCCC1C. The standard InChI is InChI=1S/C7H15NO/c1-3-8-6-9-5-4-7(8)2/h7H,3-6H2,1-2H3. The molecule has 1 aliphatic heterocycles. The second-order valence-corrected chi connectivity index (χ2v) is 2.58. The van der Waals surface area contributed by atoms with Gasteiger partial charge in [0.05, 0.1) is 6.73 Å². The molecule has 0 aromatic rings. The van der Waals surface area contributed by atoms with E-state index in [1.165, 1.54) is 6.42 Å². The van der Waals surface area contributed by atoms with Crippen molar-refractivity contribution < 1.29 is 4.74 Å². The zero-order valence-corrected chi connectivity index (χ0v) is 6.26. The molecule has 2 nitrogen and oxygen atoms in total. The number of ether oxygens (including phenoxy) is 1. The largest absolute Gasteiger partial charge is 0.366 e. The predicted octanol–water partition coefficient (Wildman–Crippen LogP) is 1.07. The minimum Gasteiger partial charge on any atom is -0.366 e. The molecule has 1 unspecified atom stereocenters. The van der Waals surface area contributed by atoms with Gasteiger partial charge in [0.2, 0.25) is 0 Å². The Morgan fingerprint density at radius 3 is 2.89 bits per heavy atom. The van der Waals surface area contributed by atoms with E-state index in [0.29, 0.717) is 0 Å². The molecule has 0 aromatic carbocycles. The molecule has 2 heteroatoms. The lowest BCUT2D eigenvalue weighted by Crippen LogP contribution is -2.39. The maximum atomic E-state index is 5.27. The van der Waals surface area contributed by atoms with Crippen LogP contribution in [-0.2, 0) is 4.74 Å². The number of nitrogens with zero attached hydrogens (tertiary/aromatic N) is 1. The van der Waals surface area contributed by atoms with Gasteiger partial charge in [-0.25, -0.2) is 0 Å². The lowest BCUT2D eigenvalue weighted by atomic mass is 10.2. The zero-order chi connectivity index (χ0) is 6.69. The third-order valence-electron chi connectivity index (χ3n) is 1.97. The Morgan fingerprint density at radius 2 is 2.44 bits per heavy atom. The lowest BCUT2D eigenvalue weighted by Gasteiger charge is -2.31. The van der Waals surface area contributed by atoms with Crippen molar-refractivity contribution in [1.82, 2.24) is 4.90 Å². The number of rotatable bonds is 1. The molecule has 54 valence electrons. The van der Waals surface area contributed by atoms with Crippen LogP contribution < -0.4 is 0 Å². The molecule has 0 aliphatic carbocycles. The van der Waals surface area contributed by atoms with E-state index in [1.54, 1.807) is 0 Å².